The van der Waals surface area contributed by atoms with Crippen LogP contribution in [0.1, 0.15) is 5.76 Å². The molecule has 1 aliphatic rings. The Balaban J connectivity index is 1.44. The van der Waals surface area contributed by atoms with Gasteiger partial charge in [-0.25, -0.2) is 4.98 Å². The van der Waals surface area contributed by atoms with E-state index in [4.69, 9.17) is 13.9 Å². The molecule has 6 nitrogen and oxygen atoms in total. The van der Waals surface area contributed by atoms with Crippen molar-refractivity contribution < 1.29 is 18.7 Å². The molecular formula is C17H14N2O4S. The Bertz CT molecular complexity index is 886. The minimum Gasteiger partial charge on any atom is -0.485 e. The summed E-state index contributed by atoms with van der Waals surface area (Å²) in [5.74, 6) is 2.41. The van der Waals surface area contributed by atoms with Gasteiger partial charge in [-0.3, -0.25) is 10.1 Å². The lowest BCUT2D eigenvalue weighted by Crippen LogP contribution is -2.40. The highest BCUT2D eigenvalue weighted by atomic mass is 32.1. The number of nitrogens with one attached hydrogen (secondary N) is 1. The van der Waals surface area contributed by atoms with E-state index in [1.165, 1.54) is 11.3 Å². The number of carbonyl (C=O) groups is 1. The van der Waals surface area contributed by atoms with E-state index in [9.17, 15) is 4.79 Å². The van der Waals surface area contributed by atoms with Gasteiger partial charge in [-0.1, -0.05) is 12.1 Å². The Morgan fingerprint density at radius 1 is 1.25 bits per heavy atom. The summed E-state index contributed by atoms with van der Waals surface area (Å²) in [6.45, 7) is 2.04. The van der Waals surface area contributed by atoms with Gasteiger partial charge in [-0.15, -0.1) is 11.3 Å². The molecule has 24 heavy (non-hydrogen) atoms. The minimum atomic E-state index is -0.710. The van der Waals surface area contributed by atoms with Gasteiger partial charge in [0.15, 0.2) is 22.4 Å². The lowest BCUT2D eigenvalue weighted by molar-refractivity contribution is -0.125. The summed E-state index contributed by atoms with van der Waals surface area (Å²) < 4.78 is 16.8. The number of aryl methyl sites for hydroxylation is 1. The number of hydrogen-bond acceptors (Lipinski definition) is 6. The number of furan rings is 1. The van der Waals surface area contributed by atoms with Gasteiger partial charge in [-0.2, -0.15) is 0 Å². The summed E-state index contributed by atoms with van der Waals surface area (Å²) in [7, 11) is 0. The molecule has 2 aromatic heterocycles. The highest BCUT2D eigenvalue weighted by molar-refractivity contribution is 7.14. The second-order valence-corrected chi connectivity index (χ2v) is 6.16. The van der Waals surface area contributed by atoms with E-state index in [1.54, 1.807) is 6.07 Å². The van der Waals surface area contributed by atoms with Crippen LogP contribution < -0.4 is 14.8 Å². The molecular weight excluding hydrogens is 328 g/mol. The summed E-state index contributed by atoms with van der Waals surface area (Å²) in [4.78, 5) is 16.7. The Hall–Kier alpha value is -2.80. The normalized spacial score (nSPS) is 16.0. The quantitative estimate of drug-likeness (QED) is 0.789. The van der Waals surface area contributed by atoms with E-state index in [1.807, 2.05) is 42.6 Å². The molecule has 0 spiro atoms. The molecule has 4 rings (SSSR count). The number of anilines is 1. The fourth-order valence-corrected chi connectivity index (χ4v) is 3.05. The maximum Gasteiger partial charge on any atom is 0.270 e. The number of para-hydroxylation sites is 2. The Morgan fingerprint density at radius 3 is 2.88 bits per heavy atom. The monoisotopic (exact) mass is 342 g/mol. The van der Waals surface area contributed by atoms with Crippen molar-refractivity contribution in [3.63, 3.8) is 0 Å². The van der Waals surface area contributed by atoms with E-state index >= 15 is 0 Å². The van der Waals surface area contributed by atoms with Crippen molar-refractivity contribution >= 4 is 22.4 Å². The van der Waals surface area contributed by atoms with Gasteiger partial charge in [0.25, 0.3) is 5.91 Å². The van der Waals surface area contributed by atoms with Crippen LogP contribution in [0.5, 0.6) is 11.5 Å². The highest BCUT2D eigenvalue weighted by Gasteiger charge is 2.28. The number of carbonyl (C=O) groups excluding carboxylic acids is 1. The number of aromatic nitrogens is 1. The van der Waals surface area contributed by atoms with Crippen LogP contribution >= 0.6 is 11.3 Å². The first-order valence-corrected chi connectivity index (χ1v) is 8.29. The fourth-order valence-electron chi connectivity index (χ4n) is 2.35. The SMILES string of the molecule is Cc1ccc(-c2csc(NC(=O)[C@H]3COc4ccccc4O3)n2)o1. The second kappa shape index (κ2) is 6.01. The fraction of sp³-hybridized carbons (Fsp3) is 0.176. The summed E-state index contributed by atoms with van der Waals surface area (Å²) in [5, 5.41) is 5.09. The summed E-state index contributed by atoms with van der Waals surface area (Å²) in [5.41, 5.74) is 0.689. The van der Waals surface area contributed by atoms with E-state index in [0.29, 0.717) is 28.1 Å². The lowest BCUT2D eigenvalue weighted by atomic mass is 10.2. The minimum absolute atomic E-state index is 0.165. The van der Waals surface area contributed by atoms with Crippen LogP contribution in [-0.2, 0) is 4.79 Å². The number of thiazole rings is 1. The number of ether oxygens (including phenoxy) is 2. The van der Waals surface area contributed by atoms with Gasteiger partial charge in [0, 0.05) is 5.38 Å². The Morgan fingerprint density at radius 2 is 2.08 bits per heavy atom. The predicted octanol–water partition coefficient (Wildman–Crippen LogP) is 3.49. The number of amides is 1. The molecule has 3 aromatic rings. The van der Waals surface area contributed by atoms with E-state index in [0.717, 1.165) is 5.76 Å². The van der Waals surface area contributed by atoms with Crippen LogP contribution in [0.25, 0.3) is 11.5 Å². The van der Waals surface area contributed by atoms with Crippen molar-refractivity contribution in [1.29, 1.82) is 0 Å². The van der Waals surface area contributed by atoms with Crippen LogP contribution in [0.3, 0.4) is 0 Å². The third-order valence-electron chi connectivity index (χ3n) is 3.53. The molecule has 3 heterocycles. The summed E-state index contributed by atoms with van der Waals surface area (Å²) >= 11 is 1.33. The molecule has 122 valence electrons. The topological polar surface area (TPSA) is 73.6 Å². The highest BCUT2D eigenvalue weighted by Crippen LogP contribution is 2.31. The molecule has 0 bridgehead atoms. The van der Waals surface area contributed by atoms with Gasteiger partial charge < -0.3 is 13.9 Å². The van der Waals surface area contributed by atoms with Crippen LogP contribution in [0.2, 0.25) is 0 Å². The van der Waals surface area contributed by atoms with Gasteiger partial charge in [0.2, 0.25) is 6.10 Å². The van der Waals surface area contributed by atoms with Crippen LogP contribution in [0.15, 0.2) is 46.2 Å². The Kier molecular flexibility index (Phi) is 3.70. The van der Waals surface area contributed by atoms with E-state index < -0.39 is 6.10 Å². The zero-order valence-corrected chi connectivity index (χ0v) is 13.6. The molecule has 0 saturated heterocycles. The smallest absolute Gasteiger partial charge is 0.270 e. The van der Waals surface area contributed by atoms with E-state index in [-0.39, 0.29) is 12.5 Å². The first-order chi connectivity index (χ1) is 11.7. The Labute approximate surface area is 142 Å². The van der Waals surface area contributed by atoms with Crippen molar-refractivity contribution in [2.45, 2.75) is 13.0 Å². The number of hydrogen-bond donors (Lipinski definition) is 1. The molecule has 0 aliphatic carbocycles. The molecule has 0 radical (unpaired) electrons. The van der Waals surface area contributed by atoms with Crippen LogP contribution in [0.4, 0.5) is 5.13 Å². The molecule has 1 aromatic carbocycles. The van der Waals surface area contributed by atoms with Crippen molar-refractivity contribution in [2.75, 3.05) is 11.9 Å². The maximum absolute atomic E-state index is 12.4. The molecule has 1 amide bonds. The average molecular weight is 342 g/mol. The van der Waals surface area contributed by atoms with Gasteiger partial charge in [-0.05, 0) is 31.2 Å². The molecule has 0 unspecified atom stereocenters. The third-order valence-corrected chi connectivity index (χ3v) is 4.29. The van der Waals surface area contributed by atoms with E-state index in [2.05, 4.69) is 10.3 Å². The molecule has 7 heteroatoms. The van der Waals surface area contributed by atoms with Crippen molar-refractivity contribution in [3.05, 3.63) is 47.5 Å². The standard InChI is InChI=1S/C17H14N2O4S/c1-10-6-7-12(22-10)11-9-24-17(18-11)19-16(20)15-8-21-13-4-2-3-5-14(13)23-15/h2-7,9,15H,8H2,1H3,(H,18,19,20)/t15-/m1/s1. The van der Waals surface area contributed by atoms with Gasteiger partial charge in [0.1, 0.15) is 18.1 Å². The molecule has 0 saturated carbocycles. The van der Waals surface area contributed by atoms with Crippen LogP contribution in [-0.4, -0.2) is 23.6 Å². The first kappa shape index (κ1) is 14.8. The third kappa shape index (κ3) is 2.85. The molecule has 1 aliphatic heterocycles. The number of benzene rings is 1. The summed E-state index contributed by atoms with van der Waals surface area (Å²) in [6.07, 6.45) is -0.710. The van der Waals surface area contributed by atoms with Crippen molar-refractivity contribution in [1.82, 2.24) is 4.98 Å². The molecule has 1 atom stereocenters. The zero-order chi connectivity index (χ0) is 16.5. The number of fused-ring (bicyclic) bond motifs is 1. The van der Waals surface area contributed by atoms with Gasteiger partial charge >= 0.3 is 0 Å². The average Bonchev–Trinajstić information content (AvgIpc) is 3.23. The maximum atomic E-state index is 12.4. The van der Waals surface area contributed by atoms with Crippen LogP contribution in [0, 0.1) is 6.92 Å². The lowest BCUT2D eigenvalue weighted by Gasteiger charge is -2.25. The first-order valence-electron chi connectivity index (χ1n) is 7.41. The second-order valence-electron chi connectivity index (χ2n) is 5.30. The van der Waals surface area contributed by atoms with Gasteiger partial charge in [0.05, 0.1) is 0 Å². The summed E-state index contributed by atoms with van der Waals surface area (Å²) in [6, 6.07) is 11.0. The molecule has 1 N–H and O–H groups in total. The predicted molar refractivity (Wildman–Crippen MR) is 89.5 cm³/mol. The van der Waals surface area contributed by atoms with Crippen molar-refractivity contribution in [3.8, 4) is 23.0 Å². The number of rotatable bonds is 3. The molecule has 0 fully saturated rings. The van der Waals surface area contributed by atoms with Crippen molar-refractivity contribution in [2.24, 2.45) is 0 Å². The number of nitrogens with zero attached hydrogens (tertiary/aromatic N) is 1. The zero-order valence-electron chi connectivity index (χ0n) is 12.8. The largest absolute Gasteiger partial charge is 0.485 e.